The molecule has 0 saturated carbocycles. The highest BCUT2D eigenvalue weighted by atomic mass is 16.5. The average Bonchev–Trinajstić information content (AvgIpc) is 3.25. The van der Waals surface area contributed by atoms with Gasteiger partial charge in [0.2, 0.25) is 0 Å². The fourth-order valence-corrected chi connectivity index (χ4v) is 8.22. The minimum Gasteiger partial charge on any atom is -0.458 e. The molecule has 0 fully saturated rings. The highest BCUT2D eigenvalue weighted by Crippen LogP contribution is 2.46. The Balaban J connectivity index is 1.21. The van der Waals surface area contributed by atoms with Crippen LogP contribution < -0.4 is 30.8 Å². The molecule has 56 heavy (non-hydrogen) atoms. The Morgan fingerprint density at radius 3 is 1.39 bits per heavy atom. The molecule has 2 aliphatic rings. The van der Waals surface area contributed by atoms with Gasteiger partial charge in [0.05, 0.1) is 23.0 Å². The molecule has 4 nitrogen and oxygen atoms in total. The zero-order valence-electron chi connectivity index (χ0n) is 31.0. The second kappa shape index (κ2) is 13.5. The molecule has 2 heterocycles. The van der Waals surface area contributed by atoms with Crippen LogP contribution in [0.1, 0.15) is 16.7 Å². The summed E-state index contributed by atoms with van der Waals surface area (Å²) in [5, 5.41) is 10.1. The predicted molar refractivity (Wildman–Crippen MR) is 229 cm³/mol. The van der Waals surface area contributed by atoms with Crippen molar-refractivity contribution in [2.24, 2.45) is 0 Å². The average molecular weight is 719 g/mol. The van der Waals surface area contributed by atoms with Crippen LogP contribution in [0.2, 0.25) is 0 Å². The van der Waals surface area contributed by atoms with E-state index in [0.717, 1.165) is 101 Å². The Morgan fingerprint density at radius 1 is 0.446 bits per heavy atom. The van der Waals surface area contributed by atoms with Crippen molar-refractivity contribution < 1.29 is 9.47 Å². The molecule has 10 rings (SSSR count). The van der Waals surface area contributed by atoms with E-state index in [2.05, 4.69) is 164 Å². The molecule has 0 unspecified atom stereocenters. The summed E-state index contributed by atoms with van der Waals surface area (Å²) in [6.45, 7) is 4.12. The van der Waals surface area contributed by atoms with Gasteiger partial charge in [-0.25, -0.2) is 0 Å². The maximum atomic E-state index is 10.1. The van der Waals surface area contributed by atoms with E-state index in [0.29, 0.717) is 5.56 Å². The first kappa shape index (κ1) is 33.3. The molecule has 5 heteroatoms. The second-order valence-electron chi connectivity index (χ2n) is 14.5. The third kappa shape index (κ3) is 5.71. The van der Waals surface area contributed by atoms with E-state index in [-0.39, 0.29) is 6.71 Å². The normalized spacial score (nSPS) is 12.0. The fourth-order valence-electron chi connectivity index (χ4n) is 8.22. The molecule has 0 spiro atoms. The van der Waals surface area contributed by atoms with Gasteiger partial charge in [0.25, 0.3) is 6.71 Å². The van der Waals surface area contributed by atoms with E-state index in [4.69, 9.17) is 9.47 Å². The summed E-state index contributed by atoms with van der Waals surface area (Å²) >= 11 is 0. The fraction of sp³-hybridized carbons (Fsp3) is 0.0392. The van der Waals surface area contributed by atoms with E-state index >= 15 is 0 Å². The lowest BCUT2D eigenvalue weighted by atomic mass is 9.34. The molecular weight excluding hydrogens is 683 g/mol. The zero-order valence-corrected chi connectivity index (χ0v) is 31.0. The molecule has 8 aromatic rings. The molecular formula is C51H35BN2O2. The van der Waals surface area contributed by atoms with Crippen LogP contribution in [0.5, 0.6) is 23.0 Å². The SMILES string of the molecule is Cc1ccc(C#N)cc1N(c1cc2c3c(c1)Oc1cc(-c4ccccc4)ccc1B3c1ccc(-c3ccccc3)cc1O2)c1cc(-c2ccccc2)ccc1C. The largest absolute Gasteiger partial charge is 0.458 e. The topological polar surface area (TPSA) is 45.5 Å². The van der Waals surface area contributed by atoms with Crippen LogP contribution in [0.15, 0.2) is 176 Å². The number of rotatable bonds is 6. The van der Waals surface area contributed by atoms with Crippen molar-refractivity contribution in [3.05, 3.63) is 193 Å². The number of benzene rings is 8. The first-order valence-corrected chi connectivity index (χ1v) is 18.9. The van der Waals surface area contributed by atoms with Crippen LogP contribution in [0.3, 0.4) is 0 Å². The molecule has 0 saturated heterocycles. The van der Waals surface area contributed by atoms with Crippen LogP contribution in [-0.2, 0) is 0 Å². The molecule has 264 valence electrons. The van der Waals surface area contributed by atoms with E-state index in [1.165, 1.54) is 0 Å². The lowest BCUT2D eigenvalue weighted by Crippen LogP contribution is -2.57. The van der Waals surface area contributed by atoms with Crippen molar-refractivity contribution in [3.8, 4) is 62.4 Å². The molecule has 0 radical (unpaired) electrons. The van der Waals surface area contributed by atoms with Gasteiger partial charge in [0, 0.05) is 23.3 Å². The van der Waals surface area contributed by atoms with E-state index in [1.54, 1.807) is 0 Å². The van der Waals surface area contributed by atoms with Gasteiger partial charge in [-0.3, -0.25) is 0 Å². The Bertz CT molecular complexity index is 2730. The Hall–Kier alpha value is -7.29. The molecule has 0 aliphatic carbocycles. The number of nitrogens with zero attached hydrogens (tertiary/aromatic N) is 2. The predicted octanol–water partition coefficient (Wildman–Crippen LogP) is 11.4. The van der Waals surface area contributed by atoms with Gasteiger partial charge < -0.3 is 14.4 Å². The first-order chi connectivity index (χ1) is 27.5. The molecule has 2 aliphatic heterocycles. The Kier molecular flexibility index (Phi) is 8.05. The van der Waals surface area contributed by atoms with Gasteiger partial charge in [-0.1, -0.05) is 133 Å². The minimum absolute atomic E-state index is 0.101. The third-order valence-electron chi connectivity index (χ3n) is 11.1. The molecule has 8 aromatic carbocycles. The quantitative estimate of drug-likeness (QED) is 0.161. The van der Waals surface area contributed by atoms with Gasteiger partial charge in [-0.15, -0.1) is 0 Å². The van der Waals surface area contributed by atoms with Crippen LogP contribution in [0, 0.1) is 25.2 Å². The van der Waals surface area contributed by atoms with Crippen molar-refractivity contribution in [1.82, 2.24) is 0 Å². The zero-order chi connectivity index (χ0) is 37.8. The van der Waals surface area contributed by atoms with Gasteiger partial charge in [-0.2, -0.15) is 5.26 Å². The van der Waals surface area contributed by atoms with Crippen LogP contribution in [-0.4, -0.2) is 6.71 Å². The number of hydrogen-bond acceptors (Lipinski definition) is 4. The highest BCUT2D eigenvalue weighted by molar-refractivity contribution is 6.98. The highest BCUT2D eigenvalue weighted by Gasteiger charge is 2.41. The van der Waals surface area contributed by atoms with Gasteiger partial charge in [-0.05, 0) is 99.6 Å². The summed E-state index contributed by atoms with van der Waals surface area (Å²) in [6.07, 6.45) is 0. The monoisotopic (exact) mass is 718 g/mol. The van der Waals surface area contributed by atoms with Crippen molar-refractivity contribution in [1.29, 1.82) is 5.26 Å². The summed E-state index contributed by atoms with van der Waals surface area (Å²) in [4.78, 5) is 2.25. The number of fused-ring (bicyclic) bond motifs is 4. The van der Waals surface area contributed by atoms with Crippen LogP contribution in [0.25, 0.3) is 33.4 Å². The standard InChI is InChI=1S/C51H35BN2O2/c1-33-18-20-35(32-53)26-45(33)54(46-27-39(21-19-34(46)2)36-12-6-3-7-13-36)42-30-49-51-50(31-42)56-48-29-41(38-16-10-5-11-17-38)23-25-44(48)52(51)43-24-22-40(28-47(43)55-49)37-14-8-4-9-15-37/h3-31H,1-2H3. The van der Waals surface area contributed by atoms with Gasteiger partial charge in [0.1, 0.15) is 23.0 Å². The summed E-state index contributed by atoms with van der Waals surface area (Å²) in [7, 11) is 0. The van der Waals surface area contributed by atoms with Crippen LogP contribution in [0.4, 0.5) is 17.1 Å². The molecule has 0 bridgehead atoms. The van der Waals surface area contributed by atoms with Crippen LogP contribution >= 0.6 is 0 Å². The lowest BCUT2D eigenvalue weighted by molar-refractivity contribution is 0.465. The van der Waals surface area contributed by atoms with E-state index in [9.17, 15) is 5.26 Å². The van der Waals surface area contributed by atoms with Crippen molar-refractivity contribution in [2.45, 2.75) is 13.8 Å². The Morgan fingerprint density at radius 2 is 0.893 bits per heavy atom. The maximum absolute atomic E-state index is 10.1. The van der Waals surface area contributed by atoms with Gasteiger partial charge in [0.15, 0.2) is 0 Å². The second-order valence-corrected chi connectivity index (χ2v) is 14.5. The van der Waals surface area contributed by atoms with Crippen molar-refractivity contribution in [2.75, 3.05) is 4.90 Å². The number of ether oxygens (including phenoxy) is 2. The maximum Gasteiger partial charge on any atom is 0.260 e. The minimum atomic E-state index is -0.101. The van der Waals surface area contributed by atoms with Crippen molar-refractivity contribution >= 4 is 40.2 Å². The number of anilines is 3. The summed E-state index contributed by atoms with van der Waals surface area (Å²) in [5.41, 5.74) is 15.4. The van der Waals surface area contributed by atoms with Crippen molar-refractivity contribution in [3.63, 3.8) is 0 Å². The Labute approximate surface area is 327 Å². The number of aryl methyl sites for hydroxylation is 2. The van der Waals surface area contributed by atoms with E-state index < -0.39 is 0 Å². The molecule has 0 N–H and O–H groups in total. The molecule has 0 aromatic heterocycles. The summed E-state index contributed by atoms with van der Waals surface area (Å²) in [6, 6.07) is 63.5. The number of hydrogen-bond donors (Lipinski definition) is 0. The number of nitriles is 1. The molecule has 0 amide bonds. The summed E-state index contributed by atoms with van der Waals surface area (Å²) in [5.74, 6) is 3.13. The molecule has 0 atom stereocenters. The van der Waals surface area contributed by atoms with E-state index in [1.807, 2.05) is 36.4 Å². The third-order valence-corrected chi connectivity index (χ3v) is 11.1. The summed E-state index contributed by atoms with van der Waals surface area (Å²) < 4.78 is 14.0. The van der Waals surface area contributed by atoms with Gasteiger partial charge >= 0.3 is 0 Å². The lowest BCUT2D eigenvalue weighted by Gasteiger charge is -2.36. The first-order valence-electron chi connectivity index (χ1n) is 18.9. The smallest absolute Gasteiger partial charge is 0.260 e.